The third-order valence-corrected chi connectivity index (χ3v) is 2.87. The first-order chi connectivity index (χ1) is 7.54. The van der Waals surface area contributed by atoms with Crippen molar-refractivity contribution in [2.45, 2.75) is 33.1 Å². The van der Waals surface area contributed by atoms with E-state index in [9.17, 15) is 4.79 Å². The van der Waals surface area contributed by atoms with Crippen LogP contribution >= 0.6 is 15.9 Å². The van der Waals surface area contributed by atoms with E-state index in [0.29, 0.717) is 12.3 Å². The molecule has 0 saturated heterocycles. The van der Waals surface area contributed by atoms with Crippen molar-refractivity contribution < 1.29 is 9.53 Å². The van der Waals surface area contributed by atoms with Crippen LogP contribution in [0.3, 0.4) is 0 Å². The average Bonchev–Trinajstić information content (AvgIpc) is 2.26. The zero-order valence-electron chi connectivity index (χ0n) is 9.92. The van der Waals surface area contributed by atoms with Crippen LogP contribution in [0.4, 0.5) is 0 Å². The van der Waals surface area contributed by atoms with Gasteiger partial charge >= 0.3 is 0 Å². The molecule has 0 aliphatic carbocycles. The Hall–Kier alpha value is -0.830. The lowest BCUT2D eigenvalue weighted by molar-refractivity contribution is -0.120. The fraction of sp³-hybridized carbons (Fsp3) is 0.462. The molecule has 0 aliphatic heterocycles. The van der Waals surface area contributed by atoms with E-state index in [4.69, 9.17) is 4.74 Å². The molecular formula is C13H17BrO2. The van der Waals surface area contributed by atoms with Gasteiger partial charge in [0.25, 0.3) is 0 Å². The quantitative estimate of drug-likeness (QED) is 0.819. The second kappa shape index (κ2) is 6.04. The molecule has 0 fully saturated rings. The summed E-state index contributed by atoms with van der Waals surface area (Å²) >= 11 is 3.44. The molecule has 1 aromatic carbocycles. The zero-order valence-corrected chi connectivity index (χ0v) is 11.5. The van der Waals surface area contributed by atoms with Crippen molar-refractivity contribution in [2.75, 3.05) is 6.61 Å². The summed E-state index contributed by atoms with van der Waals surface area (Å²) in [4.78, 5) is 11.2. The number of Topliss-reactive ketones (excluding diaryl/α,β-unsaturated/α-hetero) is 1. The standard InChI is InChI=1S/C13H17BrO2/c1-4-11(15)8-16-13-6-5-10(14)7-12(13)9(2)3/h5-7,9H,4,8H2,1-3H3. The van der Waals surface area contributed by atoms with E-state index in [2.05, 4.69) is 29.8 Å². The van der Waals surface area contributed by atoms with E-state index in [1.54, 1.807) is 0 Å². The van der Waals surface area contributed by atoms with Crippen molar-refractivity contribution in [1.29, 1.82) is 0 Å². The van der Waals surface area contributed by atoms with Gasteiger partial charge in [0.2, 0.25) is 0 Å². The topological polar surface area (TPSA) is 26.3 Å². The van der Waals surface area contributed by atoms with Crippen molar-refractivity contribution in [3.8, 4) is 5.75 Å². The summed E-state index contributed by atoms with van der Waals surface area (Å²) in [5.74, 6) is 1.31. The molecule has 16 heavy (non-hydrogen) atoms. The van der Waals surface area contributed by atoms with Crippen LogP contribution in [0.15, 0.2) is 22.7 Å². The highest BCUT2D eigenvalue weighted by molar-refractivity contribution is 9.10. The predicted molar refractivity (Wildman–Crippen MR) is 69.0 cm³/mol. The first-order valence-corrected chi connectivity index (χ1v) is 6.27. The summed E-state index contributed by atoms with van der Waals surface area (Å²) in [6, 6.07) is 5.87. The molecule has 0 atom stereocenters. The summed E-state index contributed by atoms with van der Waals surface area (Å²) in [5.41, 5.74) is 1.12. The summed E-state index contributed by atoms with van der Waals surface area (Å²) in [7, 11) is 0. The number of carbonyl (C=O) groups is 1. The van der Waals surface area contributed by atoms with Crippen LogP contribution in [0, 0.1) is 0 Å². The Morgan fingerprint density at radius 3 is 2.69 bits per heavy atom. The smallest absolute Gasteiger partial charge is 0.169 e. The summed E-state index contributed by atoms with van der Waals surface area (Å²) in [5, 5.41) is 0. The molecule has 0 aromatic heterocycles. The maximum absolute atomic E-state index is 11.2. The van der Waals surface area contributed by atoms with Gasteiger partial charge in [-0.3, -0.25) is 4.79 Å². The third-order valence-electron chi connectivity index (χ3n) is 2.38. The van der Waals surface area contributed by atoms with Crippen LogP contribution in [-0.4, -0.2) is 12.4 Å². The van der Waals surface area contributed by atoms with Crippen molar-refractivity contribution in [2.24, 2.45) is 0 Å². The Morgan fingerprint density at radius 2 is 2.12 bits per heavy atom. The van der Waals surface area contributed by atoms with Gasteiger partial charge < -0.3 is 4.74 Å². The normalized spacial score (nSPS) is 10.6. The number of carbonyl (C=O) groups excluding carboxylic acids is 1. The Bertz CT molecular complexity index is 372. The van der Waals surface area contributed by atoms with Gasteiger partial charge in [-0.1, -0.05) is 36.7 Å². The number of rotatable bonds is 5. The van der Waals surface area contributed by atoms with Crippen LogP contribution in [0.5, 0.6) is 5.75 Å². The number of ether oxygens (including phenoxy) is 1. The molecule has 0 amide bonds. The Kier molecular flexibility index (Phi) is 5.00. The molecule has 0 radical (unpaired) electrons. The van der Waals surface area contributed by atoms with E-state index in [1.807, 2.05) is 25.1 Å². The van der Waals surface area contributed by atoms with Crippen LogP contribution in [-0.2, 0) is 4.79 Å². The van der Waals surface area contributed by atoms with E-state index in [1.165, 1.54) is 0 Å². The van der Waals surface area contributed by atoms with Gasteiger partial charge in [-0.05, 0) is 29.7 Å². The maximum Gasteiger partial charge on any atom is 0.169 e. The molecule has 0 spiro atoms. The minimum Gasteiger partial charge on any atom is -0.486 e. The van der Waals surface area contributed by atoms with Crippen LogP contribution in [0.2, 0.25) is 0 Å². The van der Waals surface area contributed by atoms with E-state index < -0.39 is 0 Å². The van der Waals surface area contributed by atoms with Crippen molar-refractivity contribution >= 4 is 21.7 Å². The lowest BCUT2D eigenvalue weighted by Crippen LogP contribution is -2.10. The molecule has 0 saturated carbocycles. The fourth-order valence-corrected chi connectivity index (χ4v) is 1.74. The SMILES string of the molecule is CCC(=O)COc1ccc(Br)cc1C(C)C. The first-order valence-electron chi connectivity index (χ1n) is 5.48. The Morgan fingerprint density at radius 1 is 1.44 bits per heavy atom. The van der Waals surface area contributed by atoms with Crippen molar-refractivity contribution in [1.82, 2.24) is 0 Å². The summed E-state index contributed by atoms with van der Waals surface area (Å²) < 4.78 is 6.57. The van der Waals surface area contributed by atoms with Gasteiger partial charge in [-0.25, -0.2) is 0 Å². The average molecular weight is 285 g/mol. The highest BCUT2D eigenvalue weighted by Crippen LogP contribution is 2.29. The highest BCUT2D eigenvalue weighted by atomic mass is 79.9. The minimum atomic E-state index is 0.123. The van der Waals surface area contributed by atoms with E-state index in [-0.39, 0.29) is 12.4 Å². The van der Waals surface area contributed by atoms with Crippen molar-refractivity contribution in [3.05, 3.63) is 28.2 Å². The highest BCUT2D eigenvalue weighted by Gasteiger charge is 2.09. The first kappa shape index (κ1) is 13.2. The molecular weight excluding hydrogens is 268 g/mol. The van der Waals surface area contributed by atoms with Gasteiger partial charge in [0.05, 0.1) is 0 Å². The Labute approximate surface area is 105 Å². The van der Waals surface area contributed by atoms with Gasteiger partial charge in [0, 0.05) is 10.9 Å². The maximum atomic E-state index is 11.2. The number of benzene rings is 1. The molecule has 0 bridgehead atoms. The fourth-order valence-electron chi connectivity index (χ4n) is 1.36. The van der Waals surface area contributed by atoms with Gasteiger partial charge in [-0.2, -0.15) is 0 Å². The van der Waals surface area contributed by atoms with Crippen LogP contribution in [0.25, 0.3) is 0 Å². The summed E-state index contributed by atoms with van der Waals surface area (Å²) in [6.07, 6.45) is 0.521. The second-order valence-corrected chi connectivity index (χ2v) is 4.93. The molecule has 1 rings (SSSR count). The van der Waals surface area contributed by atoms with E-state index >= 15 is 0 Å². The van der Waals surface area contributed by atoms with Gasteiger partial charge in [0.1, 0.15) is 12.4 Å². The van der Waals surface area contributed by atoms with E-state index in [0.717, 1.165) is 15.8 Å². The third kappa shape index (κ3) is 3.63. The zero-order chi connectivity index (χ0) is 12.1. The van der Waals surface area contributed by atoms with Gasteiger partial charge in [0.15, 0.2) is 5.78 Å². The molecule has 0 aliphatic rings. The minimum absolute atomic E-state index is 0.123. The number of halogens is 1. The van der Waals surface area contributed by atoms with Crippen LogP contribution in [0.1, 0.15) is 38.7 Å². The number of ketones is 1. The molecule has 1 aromatic rings. The Balaban J connectivity index is 2.82. The number of hydrogen-bond donors (Lipinski definition) is 0. The summed E-state index contributed by atoms with van der Waals surface area (Å²) in [6.45, 7) is 6.22. The molecule has 0 N–H and O–H groups in total. The molecule has 0 unspecified atom stereocenters. The molecule has 3 heteroatoms. The lowest BCUT2D eigenvalue weighted by atomic mass is 10.0. The van der Waals surface area contributed by atoms with Gasteiger partial charge in [-0.15, -0.1) is 0 Å². The largest absolute Gasteiger partial charge is 0.486 e. The number of hydrogen-bond acceptors (Lipinski definition) is 2. The second-order valence-electron chi connectivity index (χ2n) is 4.02. The van der Waals surface area contributed by atoms with Crippen molar-refractivity contribution in [3.63, 3.8) is 0 Å². The lowest BCUT2D eigenvalue weighted by Gasteiger charge is -2.13. The monoisotopic (exact) mass is 284 g/mol. The van der Waals surface area contributed by atoms with Crippen LogP contribution < -0.4 is 4.74 Å². The molecule has 88 valence electrons. The molecule has 2 nitrogen and oxygen atoms in total. The molecule has 0 heterocycles. The predicted octanol–water partition coefficient (Wildman–Crippen LogP) is 3.93.